The average Bonchev–Trinajstić information content (AvgIpc) is 2.53. The van der Waals surface area contributed by atoms with Crippen molar-refractivity contribution >= 4 is 11.9 Å². The molecule has 0 bridgehead atoms. The van der Waals surface area contributed by atoms with Gasteiger partial charge >= 0.3 is 5.97 Å². The Balaban J connectivity index is 1.80. The van der Waals surface area contributed by atoms with Crippen molar-refractivity contribution < 1.29 is 19.4 Å². The van der Waals surface area contributed by atoms with Crippen LogP contribution in [0.4, 0.5) is 0 Å². The second-order valence-electron chi connectivity index (χ2n) is 4.92. The molecule has 0 spiro atoms. The van der Waals surface area contributed by atoms with E-state index < -0.39 is 5.97 Å². The molecule has 0 atom stereocenters. The predicted octanol–water partition coefficient (Wildman–Crippen LogP) is 1.26. The first kappa shape index (κ1) is 14.9. The fourth-order valence-electron chi connectivity index (χ4n) is 2.24. The Bertz CT molecular complexity index is 554. The highest BCUT2D eigenvalue weighted by molar-refractivity contribution is 5.78. The molecule has 0 saturated carbocycles. The van der Waals surface area contributed by atoms with E-state index in [4.69, 9.17) is 15.1 Å². The lowest BCUT2D eigenvalue weighted by molar-refractivity contribution is -0.146. The predicted molar refractivity (Wildman–Crippen MR) is 73.6 cm³/mol. The average molecular weight is 288 g/mol. The van der Waals surface area contributed by atoms with Crippen LogP contribution < -0.4 is 4.74 Å². The van der Waals surface area contributed by atoms with Crippen LogP contribution in [0.15, 0.2) is 24.3 Å². The summed E-state index contributed by atoms with van der Waals surface area (Å²) in [6, 6.07) is 8.53. The number of likely N-dealkylation sites (tertiary alicyclic amines) is 1. The second kappa shape index (κ2) is 6.75. The molecule has 1 aromatic carbocycles. The van der Waals surface area contributed by atoms with Crippen LogP contribution in [-0.2, 0) is 9.59 Å². The fourth-order valence-corrected chi connectivity index (χ4v) is 2.24. The van der Waals surface area contributed by atoms with Gasteiger partial charge in [-0.05, 0) is 37.1 Å². The molecule has 1 saturated heterocycles. The van der Waals surface area contributed by atoms with Gasteiger partial charge in [0.2, 0.25) is 0 Å². The molecule has 1 aliphatic rings. The molecule has 1 aromatic rings. The summed E-state index contributed by atoms with van der Waals surface area (Å²) in [7, 11) is 0. The first-order valence-corrected chi connectivity index (χ1v) is 6.73. The molecule has 0 unspecified atom stereocenters. The van der Waals surface area contributed by atoms with Gasteiger partial charge in [0.05, 0.1) is 17.6 Å². The number of aliphatic carboxylic acids is 1. The monoisotopic (exact) mass is 288 g/mol. The van der Waals surface area contributed by atoms with E-state index in [9.17, 15) is 9.59 Å². The summed E-state index contributed by atoms with van der Waals surface area (Å²) in [6.07, 6.45) is 0.968. The smallest absolute Gasteiger partial charge is 0.306 e. The minimum Gasteiger partial charge on any atom is -0.484 e. The van der Waals surface area contributed by atoms with Crippen molar-refractivity contribution in [3.8, 4) is 11.8 Å². The molecule has 0 aromatic heterocycles. The molecule has 21 heavy (non-hydrogen) atoms. The van der Waals surface area contributed by atoms with Gasteiger partial charge in [0.25, 0.3) is 5.91 Å². The normalized spacial score (nSPS) is 15.3. The summed E-state index contributed by atoms with van der Waals surface area (Å²) in [5, 5.41) is 17.6. The summed E-state index contributed by atoms with van der Waals surface area (Å²) in [4.78, 5) is 24.4. The molecule has 0 aliphatic carbocycles. The van der Waals surface area contributed by atoms with Crippen molar-refractivity contribution in [1.29, 1.82) is 5.26 Å². The van der Waals surface area contributed by atoms with Gasteiger partial charge in [0.15, 0.2) is 6.61 Å². The topological polar surface area (TPSA) is 90.6 Å². The van der Waals surface area contributed by atoms with Gasteiger partial charge in [-0.15, -0.1) is 0 Å². The lowest BCUT2D eigenvalue weighted by Gasteiger charge is -2.30. The lowest BCUT2D eigenvalue weighted by atomic mass is 9.97. The van der Waals surface area contributed by atoms with Crippen LogP contribution in [0.2, 0.25) is 0 Å². The van der Waals surface area contributed by atoms with Crippen LogP contribution in [0.1, 0.15) is 18.4 Å². The number of carbonyl (C=O) groups excluding carboxylic acids is 1. The maximum Gasteiger partial charge on any atom is 0.306 e. The van der Waals surface area contributed by atoms with Gasteiger partial charge in [-0.1, -0.05) is 0 Å². The van der Waals surface area contributed by atoms with E-state index in [-0.39, 0.29) is 18.4 Å². The molecule has 1 heterocycles. The number of benzene rings is 1. The molecule has 1 fully saturated rings. The van der Waals surface area contributed by atoms with Crippen LogP contribution in [0.3, 0.4) is 0 Å². The van der Waals surface area contributed by atoms with Crippen molar-refractivity contribution in [3.63, 3.8) is 0 Å². The molecular weight excluding hydrogens is 272 g/mol. The van der Waals surface area contributed by atoms with Crippen molar-refractivity contribution in [3.05, 3.63) is 29.8 Å². The zero-order valence-electron chi connectivity index (χ0n) is 11.5. The van der Waals surface area contributed by atoms with Gasteiger partial charge in [-0.2, -0.15) is 5.26 Å². The number of hydrogen-bond donors (Lipinski definition) is 1. The zero-order chi connectivity index (χ0) is 15.2. The SMILES string of the molecule is N#Cc1ccc(OCC(=O)N2CCC(C(=O)O)CC2)cc1. The number of piperidine rings is 1. The highest BCUT2D eigenvalue weighted by Gasteiger charge is 2.26. The number of amides is 1. The highest BCUT2D eigenvalue weighted by atomic mass is 16.5. The van der Waals surface area contributed by atoms with E-state index in [1.165, 1.54) is 0 Å². The molecule has 6 heteroatoms. The van der Waals surface area contributed by atoms with Gasteiger partial charge in [0, 0.05) is 13.1 Å². The number of nitrogens with zero attached hydrogens (tertiary/aromatic N) is 2. The summed E-state index contributed by atoms with van der Waals surface area (Å²) in [5.41, 5.74) is 0.532. The Hall–Kier alpha value is -2.55. The molecular formula is C15H16N2O4. The third-order valence-corrected chi connectivity index (χ3v) is 3.54. The third kappa shape index (κ3) is 3.96. The summed E-state index contributed by atoms with van der Waals surface area (Å²) >= 11 is 0. The first-order valence-electron chi connectivity index (χ1n) is 6.73. The number of carboxylic acids is 1. The highest BCUT2D eigenvalue weighted by Crippen LogP contribution is 2.18. The Morgan fingerprint density at radius 2 is 1.90 bits per heavy atom. The van der Waals surface area contributed by atoms with Crippen LogP contribution in [0, 0.1) is 17.2 Å². The summed E-state index contributed by atoms with van der Waals surface area (Å²) in [5.74, 6) is -0.768. The Morgan fingerprint density at radius 3 is 2.43 bits per heavy atom. The third-order valence-electron chi connectivity index (χ3n) is 3.54. The van der Waals surface area contributed by atoms with Crippen molar-refractivity contribution in [1.82, 2.24) is 4.90 Å². The maximum absolute atomic E-state index is 12.0. The Morgan fingerprint density at radius 1 is 1.29 bits per heavy atom. The van der Waals surface area contributed by atoms with Crippen LogP contribution in [0.25, 0.3) is 0 Å². The molecule has 1 N–H and O–H groups in total. The van der Waals surface area contributed by atoms with Crippen molar-refractivity contribution in [2.24, 2.45) is 5.92 Å². The van der Waals surface area contributed by atoms with Gasteiger partial charge in [-0.25, -0.2) is 0 Å². The van der Waals surface area contributed by atoms with E-state index in [2.05, 4.69) is 0 Å². The van der Waals surface area contributed by atoms with Gasteiger partial charge in [0.1, 0.15) is 5.75 Å². The fraction of sp³-hybridized carbons (Fsp3) is 0.400. The molecule has 1 aliphatic heterocycles. The van der Waals surface area contributed by atoms with Crippen molar-refractivity contribution in [2.45, 2.75) is 12.8 Å². The largest absolute Gasteiger partial charge is 0.484 e. The van der Waals surface area contributed by atoms with E-state index >= 15 is 0 Å². The first-order chi connectivity index (χ1) is 10.1. The molecule has 0 radical (unpaired) electrons. The maximum atomic E-state index is 12.0. The quantitative estimate of drug-likeness (QED) is 0.900. The van der Waals surface area contributed by atoms with Crippen LogP contribution in [0.5, 0.6) is 5.75 Å². The summed E-state index contributed by atoms with van der Waals surface area (Å²) in [6.45, 7) is 0.822. The number of rotatable bonds is 4. The van der Waals surface area contributed by atoms with Crippen molar-refractivity contribution in [2.75, 3.05) is 19.7 Å². The Kier molecular flexibility index (Phi) is 4.77. The van der Waals surface area contributed by atoms with E-state index in [1.54, 1.807) is 29.2 Å². The zero-order valence-corrected chi connectivity index (χ0v) is 11.5. The minimum absolute atomic E-state index is 0.0797. The second-order valence-corrected chi connectivity index (χ2v) is 4.92. The van der Waals surface area contributed by atoms with Crippen LogP contribution >= 0.6 is 0 Å². The molecule has 110 valence electrons. The number of carbonyl (C=O) groups is 2. The van der Waals surface area contributed by atoms with E-state index in [1.807, 2.05) is 6.07 Å². The Labute approximate surface area is 122 Å². The lowest BCUT2D eigenvalue weighted by Crippen LogP contribution is -2.42. The number of hydrogen-bond acceptors (Lipinski definition) is 4. The van der Waals surface area contributed by atoms with Gasteiger partial charge in [-0.3, -0.25) is 9.59 Å². The molecule has 1 amide bonds. The molecule has 2 rings (SSSR count). The van der Waals surface area contributed by atoms with E-state index in [0.717, 1.165) is 0 Å². The van der Waals surface area contributed by atoms with Crippen LogP contribution in [-0.4, -0.2) is 41.6 Å². The number of ether oxygens (including phenoxy) is 1. The van der Waals surface area contributed by atoms with Gasteiger partial charge < -0.3 is 14.7 Å². The summed E-state index contributed by atoms with van der Waals surface area (Å²) < 4.78 is 5.38. The standard InChI is InChI=1S/C15H16N2O4/c16-9-11-1-3-13(4-2-11)21-10-14(18)17-7-5-12(6-8-17)15(19)20/h1-4,12H,5-8,10H2,(H,19,20). The molecule has 6 nitrogen and oxygen atoms in total. The number of carboxylic acid groups (broad SMARTS) is 1. The number of nitriles is 1. The van der Waals surface area contributed by atoms with E-state index in [0.29, 0.717) is 37.2 Å². The minimum atomic E-state index is -0.795.